The van der Waals surface area contributed by atoms with Gasteiger partial charge in [-0.1, -0.05) is 23.7 Å². The van der Waals surface area contributed by atoms with Crippen LogP contribution in [0.2, 0.25) is 5.02 Å². The summed E-state index contributed by atoms with van der Waals surface area (Å²) in [5.41, 5.74) is 3.52. The highest BCUT2D eigenvalue weighted by atomic mass is 35.5. The Kier molecular flexibility index (Phi) is 4.46. The number of hydrogen-bond acceptors (Lipinski definition) is 3. The largest absolute Gasteiger partial charge is 0.493 e. The summed E-state index contributed by atoms with van der Waals surface area (Å²) in [5, 5.41) is 13.0. The molecule has 136 valence electrons. The average molecular weight is 384 g/mol. The molecule has 27 heavy (non-hydrogen) atoms. The van der Waals surface area contributed by atoms with Gasteiger partial charge in [0.05, 0.1) is 22.9 Å². The molecule has 0 amide bonds. The topological polar surface area (TPSA) is 58.6 Å². The van der Waals surface area contributed by atoms with Crippen molar-refractivity contribution < 1.29 is 19.0 Å². The maximum absolute atomic E-state index is 13.5. The first-order valence-electron chi connectivity index (χ1n) is 8.37. The van der Waals surface area contributed by atoms with E-state index in [1.807, 2.05) is 18.2 Å². The number of nitrogens with one attached hydrogen (secondary N) is 1. The van der Waals surface area contributed by atoms with Gasteiger partial charge in [-0.15, -0.1) is 0 Å². The average Bonchev–Trinajstić information content (AvgIpc) is 3.11. The van der Waals surface area contributed by atoms with Crippen molar-refractivity contribution >= 4 is 28.9 Å². The van der Waals surface area contributed by atoms with Gasteiger partial charge in [0.1, 0.15) is 11.6 Å². The molecule has 0 atom stereocenters. The normalized spacial score (nSPS) is 12.4. The lowest BCUT2D eigenvalue weighted by Gasteiger charge is -2.16. The number of halogens is 2. The number of ether oxygens (including phenoxy) is 1. The van der Waals surface area contributed by atoms with Gasteiger partial charge in [-0.05, 0) is 53.6 Å². The van der Waals surface area contributed by atoms with Gasteiger partial charge in [-0.2, -0.15) is 0 Å². The van der Waals surface area contributed by atoms with E-state index >= 15 is 0 Å². The summed E-state index contributed by atoms with van der Waals surface area (Å²) in [6.07, 6.45) is 0.831. The Morgan fingerprint density at radius 3 is 2.78 bits per heavy atom. The predicted molar refractivity (Wildman–Crippen MR) is 103 cm³/mol. The summed E-state index contributed by atoms with van der Waals surface area (Å²) in [4.78, 5) is 11.5. The molecule has 0 aliphatic carbocycles. The number of fused-ring (bicyclic) bond motifs is 1. The quantitative estimate of drug-likeness (QED) is 0.622. The van der Waals surface area contributed by atoms with Gasteiger partial charge in [0, 0.05) is 17.7 Å². The van der Waals surface area contributed by atoms with Crippen LogP contribution in [0.1, 0.15) is 15.9 Å². The first-order valence-corrected chi connectivity index (χ1v) is 8.75. The molecule has 2 N–H and O–H groups in total. The lowest BCUT2D eigenvalue weighted by Crippen LogP contribution is -2.04. The number of anilines is 2. The zero-order valence-corrected chi connectivity index (χ0v) is 14.9. The molecule has 6 heteroatoms. The SMILES string of the molecule is O=C(O)c1cc(F)ccc1Nc1cccc(Cl)c1-c1ccc2c(c1)CCO2. The molecule has 3 aromatic rings. The Morgan fingerprint density at radius 2 is 1.96 bits per heavy atom. The predicted octanol–water partition coefficient (Wildman–Crippen LogP) is 5.52. The summed E-state index contributed by atoms with van der Waals surface area (Å²) in [6, 6.07) is 14.8. The summed E-state index contributed by atoms with van der Waals surface area (Å²) in [7, 11) is 0. The Balaban J connectivity index is 1.80. The molecule has 0 bridgehead atoms. The minimum atomic E-state index is -1.21. The van der Waals surface area contributed by atoms with Crippen LogP contribution in [0.5, 0.6) is 5.75 Å². The Hall–Kier alpha value is -3.05. The fraction of sp³-hybridized carbons (Fsp3) is 0.0952. The Labute approximate surface area is 160 Å². The summed E-state index contributed by atoms with van der Waals surface area (Å²) >= 11 is 6.46. The molecule has 0 spiro atoms. The van der Waals surface area contributed by atoms with Crippen molar-refractivity contribution in [2.45, 2.75) is 6.42 Å². The second kappa shape index (κ2) is 6.93. The number of carbonyl (C=O) groups is 1. The summed E-state index contributed by atoms with van der Waals surface area (Å²) in [6.45, 7) is 0.657. The van der Waals surface area contributed by atoms with E-state index in [-0.39, 0.29) is 11.3 Å². The smallest absolute Gasteiger partial charge is 0.337 e. The Bertz CT molecular complexity index is 1050. The number of hydrogen-bond donors (Lipinski definition) is 2. The van der Waals surface area contributed by atoms with Gasteiger partial charge in [0.25, 0.3) is 0 Å². The molecule has 0 radical (unpaired) electrons. The highest BCUT2D eigenvalue weighted by Gasteiger charge is 2.18. The van der Waals surface area contributed by atoms with E-state index in [0.29, 0.717) is 17.3 Å². The van der Waals surface area contributed by atoms with Crippen LogP contribution in [-0.4, -0.2) is 17.7 Å². The first-order chi connectivity index (χ1) is 13.0. The maximum atomic E-state index is 13.5. The van der Waals surface area contributed by atoms with Crippen LogP contribution < -0.4 is 10.1 Å². The molecular formula is C21H15ClFNO3. The highest BCUT2D eigenvalue weighted by molar-refractivity contribution is 6.34. The van der Waals surface area contributed by atoms with Crippen molar-refractivity contribution in [1.82, 2.24) is 0 Å². The number of carboxylic acids is 1. The van der Waals surface area contributed by atoms with E-state index in [0.717, 1.165) is 34.9 Å². The van der Waals surface area contributed by atoms with Crippen LogP contribution in [-0.2, 0) is 6.42 Å². The molecule has 0 saturated heterocycles. The standard InChI is InChI=1S/C21H15ClFNO3/c22-16-2-1-3-18(24-17-6-5-14(23)11-15(17)21(25)26)20(16)13-4-7-19-12(10-13)8-9-27-19/h1-7,10-11,24H,8-9H2,(H,25,26). The van der Waals surface area contributed by atoms with Crippen LogP contribution in [0.15, 0.2) is 54.6 Å². The van der Waals surface area contributed by atoms with Crippen molar-refractivity contribution in [3.63, 3.8) is 0 Å². The fourth-order valence-corrected chi connectivity index (χ4v) is 3.49. The fourth-order valence-electron chi connectivity index (χ4n) is 3.21. The zero-order chi connectivity index (χ0) is 19.0. The zero-order valence-electron chi connectivity index (χ0n) is 14.1. The summed E-state index contributed by atoms with van der Waals surface area (Å²) < 4.78 is 19.0. The van der Waals surface area contributed by atoms with E-state index in [2.05, 4.69) is 5.32 Å². The van der Waals surface area contributed by atoms with Gasteiger partial charge >= 0.3 is 5.97 Å². The summed E-state index contributed by atoms with van der Waals surface area (Å²) in [5.74, 6) is -0.954. The van der Waals surface area contributed by atoms with Crippen molar-refractivity contribution in [2.75, 3.05) is 11.9 Å². The third-order valence-corrected chi connectivity index (χ3v) is 4.79. The number of aromatic carboxylic acids is 1. The molecule has 0 fully saturated rings. The van der Waals surface area contributed by atoms with E-state index in [4.69, 9.17) is 16.3 Å². The highest BCUT2D eigenvalue weighted by Crippen LogP contribution is 2.39. The van der Waals surface area contributed by atoms with Gasteiger partial charge in [-0.25, -0.2) is 9.18 Å². The minimum absolute atomic E-state index is 0.150. The molecule has 0 saturated carbocycles. The molecular weight excluding hydrogens is 369 g/mol. The molecule has 3 aromatic carbocycles. The van der Waals surface area contributed by atoms with Crippen molar-refractivity contribution in [1.29, 1.82) is 0 Å². The van der Waals surface area contributed by atoms with Crippen molar-refractivity contribution in [3.05, 3.63) is 76.6 Å². The molecule has 4 rings (SSSR count). The number of rotatable bonds is 4. The van der Waals surface area contributed by atoms with E-state index in [9.17, 15) is 14.3 Å². The van der Waals surface area contributed by atoms with Gasteiger partial charge < -0.3 is 15.2 Å². The van der Waals surface area contributed by atoms with Crippen molar-refractivity contribution in [2.24, 2.45) is 0 Å². The molecule has 1 aliphatic heterocycles. The van der Waals surface area contributed by atoms with Crippen LogP contribution in [0.25, 0.3) is 11.1 Å². The van der Waals surface area contributed by atoms with Gasteiger partial charge in [0.2, 0.25) is 0 Å². The van der Waals surface area contributed by atoms with E-state index in [1.165, 1.54) is 12.1 Å². The lowest BCUT2D eigenvalue weighted by molar-refractivity contribution is 0.0697. The number of carboxylic acid groups (broad SMARTS) is 1. The molecule has 1 aliphatic rings. The van der Waals surface area contributed by atoms with E-state index in [1.54, 1.807) is 18.2 Å². The molecule has 0 aromatic heterocycles. The van der Waals surface area contributed by atoms with Crippen LogP contribution in [0, 0.1) is 5.82 Å². The van der Waals surface area contributed by atoms with Crippen LogP contribution in [0.4, 0.5) is 15.8 Å². The Morgan fingerprint density at radius 1 is 1.11 bits per heavy atom. The van der Waals surface area contributed by atoms with Gasteiger partial charge in [0.15, 0.2) is 0 Å². The maximum Gasteiger partial charge on any atom is 0.337 e. The van der Waals surface area contributed by atoms with Crippen molar-refractivity contribution in [3.8, 4) is 16.9 Å². The van der Waals surface area contributed by atoms with Gasteiger partial charge in [-0.3, -0.25) is 0 Å². The third-order valence-electron chi connectivity index (χ3n) is 4.47. The van der Waals surface area contributed by atoms with Crippen LogP contribution in [0.3, 0.4) is 0 Å². The van der Waals surface area contributed by atoms with Crippen LogP contribution >= 0.6 is 11.6 Å². The molecule has 1 heterocycles. The lowest BCUT2D eigenvalue weighted by atomic mass is 9.99. The van der Waals surface area contributed by atoms with E-state index < -0.39 is 11.8 Å². The first kappa shape index (κ1) is 17.4. The molecule has 0 unspecified atom stereocenters. The number of benzene rings is 3. The third kappa shape index (κ3) is 3.34. The monoisotopic (exact) mass is 383 g/mol. The second-order valence-electron chi connectivity index (χ2n) is 6.20. The minimum Gasteiger partial charge on any atom is -0.493 e. The molecule has 4 nitrogen and oxygen atoms in total. The second-order valence-corrected chi connectivity index (χ2v) is 6.61.